The number of rotatable bonds is 5. The Morgan fingerprint density at radius 3 is 2.45 bits per heavy atom. The average Bonchev–Trinajstić information content (AvgIpc) is 2.62. The van der Waals surface area contributed by atoms with Crippen molar-refractivity contribution in [3.63, 3.8) is 0 Å². The molecule has 114 valence electrons. The Hall–Kier alpha value is -0.870. The van der Waals surface area contributed by atoms with Crippen molar-refractivity contribution in [1.29, 1.82) is 0 Å². The summed E-state index contributed by atoms with van der Waals surface area (Å²) < 4.78 is 1.93. The average molecular weight is 278 g/mol. The van der Waals surface area contributed by atoms with E-state index in [2.05, 4.69) is 56.4 Å². The van der Waals surface area contributed by atoms with E-state index in [1.54, 1.807) is 0 Å². The third kappa shape index (κ3) is 3.07. The van der Waals surface area contributed by atoms with Gasteiger partial charge < -0.3 is 10.2 Å². The molecule has 0 aromatic carbocycles. The Bertz CT molecular complexity index is 450. The molecule has 0 aliphatic heterocycles. The van der Waals surface area contributed by atoms with Crippen LogP contribution >= 0.6 is 0 Å². The predicted molar refractivity (Wildman–Crippen MR) is 83.9 cm³/mol. The fourth-order valence-electron chi connectivity index (χ4n) is 3.10. The Balaban J connectivity index is 1.98. The smallest absolute Gasteiger partial charge is 0.0722 e. The molecule has 2 rings (SSSR count). The molecule has 0 radical (unpaired) electrons. The highest BCUT2D eigenvalue weighted by Gasteiger charge is 2.38. The molecular formula is C16H30N4. The first-order chi connectivity index (χ1) is 9.24. The number of hydrogen-bond donors (Lipinski definition) is 1. The zero-order chi connectivity index (χ0) is 15.0. The molecule has 1 saturated carbocycles. The van der Waals surface area contributed by atoms with Gasteiger partial charge in [0.15, 0.2) is 0 Å². The van der Waals surface area contributed by atoms with Gasteiger partial charge in [0, 0.05) is 42.9 Å². The van der Waals surface area contributed by atoms with Gasteiger partial charge in [0.05, 0.1) is 5.69 Å². The SMILES string of the molecule is CN(C)C1(CNCc2cn(C)nc2C(C)(C)C)CCC1. The molecule has 0 unspecified atom stereocenters. The van der Waals surface area contributed by atoms with Crippen LogP contribution in [0.3, 0.4) is 0 Å². The van der Waals surface area contributed by atoms with E-state index < -0.39 is 0 Å². The van der Waals surface area contributed by atoms with Crippen molar-refractivity contribution in [3.8, 4) is 0 Å². The standard InChI is InChI=1S/C16H30N4/c1-15(2,3)14-13(11-20(6)18-14)10-17-12-16(19(4)5)8-7-9-16/h11,17H,7-10,12H2,1-6H3. The normalized spacial score (nSPS) is 18.4. The van der Waals surface area contributed by atoms with Crippen molar-refractivity contribution in [2.75, 3.05) is 20.6 Å². The summed E-state index contributed by atoms with van der Waals surface area (Å²) in [7, 11) is 6.41. The van der Waals surface area contributed by atoms with Crippen molar-refractivity contribution in [1.82, 2.24) is 20.0 Å². The van der Waals surface area contributed by atoms with Gasteiger partial charge in [-0.2, -0.15) is 5.10 Å². The molecule has 1 aliphatic carbocycles. The van der Waals surface area contributed by atoms with Gasteiger partial charge in [-0.15, -0.1) is 0 Å². The van der Waals surface area contributed by atoms with Crippen molar-refractivity contribution in [2.24, 2.45) is 7.05 Å². The van der Waals surface area contributed by atoms with Crippen LogP contribution in [0.5, 0.6) is 0 Å². The van der Waals surface area contributed by atoms with Gasteiger partial charge in [-0.3, -0.25) is 4.68 Å². The van der Waals surface area contributed by atoms with Crippen LogP contribution in [0, 0.1) is 0 Å². The van der Waals surface area contributed by atoms with Gasteiger partial charge >= 0.3 is 0 Å². The van der Waals surface area contributed by atoms with Gasteiger partial charge in [0.1, 0.15) is 0 Å². The van der Waals surface area contributed by atoms with Crippen molar-refractivity contribution in [3.05, 3.63) is 17.5 Å². The van der Waals surface area contributed by atoms with E-state index in [4.69, 9.17) is 0 Å². The van der Waals surface area contributed by atoms with E-state index in [9.17, 15) is 0 Å². The van der Waals surface area contributed by atoms with E-state index in [-0.39, 0.29) is 5.41 Å². The zero-order valence-corrected chi connectivity index (χ0v) is 14.0. The molecule has 4 nitrogen and oxygen atoms in total. The predicted octanol–water partition coefficient (Wildman–Crippen LogP) is 2.29. The molecule has 1 aromatic rings. The Kier molecular flexibility index (Phi) is 4.26. The van der Waals surface area contributed by atoms with E-state index in [0.29, 0.717) is 5.54 Å². The van der Waals surface area contributed by atoms with Crippen molar-refractivity contribution >= 4 is 0 Å². The number of likely N-dealkylation sites (N-methyl/N-ethyl adjacent to an activating group) is 1. The van der Waals surface area contributed by atoms with Crippen LogP contribution in [0.15, 0.2) is 6.20 Å². The monoisotopic (exact) mass is 278 g/mol. The van der Waals surface area contributed by atoms with E-state index >= 15 is 0 Å². The summed E-state index contributed by atoms with van der Waals surface area (Å²) in [5, 5.41) is 8.29. The van der Waals surface area contributed by atoms with E-state index in [0.717, 1.165) is 13.1 Å². The highest BCUT2D eigenvalue weighted by atomic mass is 15.3. The summed E-state index contributed by atoms with van der Waals surface area (Å²) in [5.74, 6) is 0. The number of hydrogen-bond acceptors (Lipinski definition) is 3. The first kappa shape index (κ1) is 15.5. The highest BCUT2D eigenvalue weighted by molar-refractivity contribution is 5.24. The summed E-state index contributed by atoms with van der Waals surface area (Å²) >= 11 is 0. The molecule has 1 fully saturated rings. The first-order valence-corrected chi connectivity index (χ1v) is 7.66. The Morgan fingerprint density at radius 1 is 1.35 bits per heavy atom. The van der Waals surface area contributed by atoms with Gasteiger partial charge in [0.25, 0.3) is 0 Å². The van der Waals surface area contributed by atoms with Crippen LogP contribution in [-0.4, -0.2) is 40.9 Å². The number of nitrogens with one attached hydrogen (secondary N) is 1. The van der Waals surface area contributed by atoms with Crippen LogP contribution in [-0.2, 0) is 19.0 Å². The lowest BCUT2D eigenvalue weighted by Gasteiger charge is -2.47. The fraction of sp³-hybridized carbons (Fsp3) is 0.812. The second-order valence-electron chi connectivity index (χ2n) is 7.50. The van der Waals surface area contributed by atoms with Crippen LogP contribution in [0.1, 0.15) is 51.3 Å². The minimum absolute atomic E-state index is 0.105. The van der Waals surface area contributed by atoms with Gasteiger partial charge in [0.2, 0.25) is 0 Å². The topological polar surface area (TPSA) is 33.1 Å². The minimum atomic E-state index is 0.105. The lowest BCUT2D eigenvalue weighted by molar-refractivity contribution is 0.0598. The fourth-order valence-corrected chi connectivity index (χ4v) is 3.10. The van der Waals surface area contributed by atoms with Gasteiger partial charge in [-0.05, 0) is 33.4 Å². The quantitative estimate of drug-likeness (QED) is 0.897. The summed E-state index contributed by atoms with van der Waals surface area (Å²) in [4.78, 5) is 2.39. The molecule has 1 N–H and O–H groups in total. The summed E-state index contributed by atoms with van der Waals surface area (Å²) in [6.07, 6.45) is 6.13. The molecule has 20 heavy (non-hydrogen) atoms. The summed E-state index contributed by atoms with van der Waals surface area (Å²) in [6, 6.07) is 0. The molecule has 1 aromatic heterocycles. The molecule has 0 spiro atoms. The van der Waals surface area contributed by atoms with Crippen molar-refractivity contribution < 1.29 is 0 Å². The molecule has 0 bridgehead atoms. The molecule has 1 heterocycles. The van der Waals surface area contributed by atoms with Gasteiger partial charge in [-0.1, -0.05) is 20.8 Å². The van der Waals surface area contributed by atoms with Crippen molar-refractivity contribution in [2.45, 2.75) is 57.5 Å². The summed E-state index contributed by atoms with van der Waals surface area (Å²) in [5.41, 5.74) is 3.02. The maximum Gasteiger partial charge on any atom is 0.0722 e. The largest absolute Gasteiger partial charge is 0.311 e. The molecule has 0 atom stereocenters. The van der Waals surface area contributed by atoms with E-state index in [1.165, 1.54) is 30.5 Å². The number of nitrogens with zero attached hydrogens (tertiary/aromatic N) is 3. The zero-order valence-electron chi connectivity index (χ0n) is 14.0. The molecule has 4 heteroatoms. The molecule has 0 saturated heterocycles. The van der Waals surface area contributed by atoms with Gasteiger partial charge in [-0.25, -0.2) is 0 Å². The molecule has 0 amide bonds. The van der Waals surface area contributed by atoms with E-state index in [1.807, 2.05) is 11.7 Å². The lowest BCUT2D eigenvalue weighted by atomic mass is 9.75. The van der Waals surface area contributed by atoms with Crippen LogP contribution in [0.2, 0.25) is 0 Å². The third-order valence-corrected chi connectivity index (χ3v) is 4.62. The highest BCUT2D eigenvalue weighted by Crippen LogP contribution is 2.35. The number of aromatic nitrogens is 2. The van der Waals surface area contributed by atoms with Crippen LogP contribution in [0.25, 0.3) is 0 Å². The first-order valence-electron chi connectivity index (χ1n) is 7.66. The Labute approximate surface area is 123 Å². The maximum absolute atomic E-state index is 4.63. The second kappa shape index (κ2) is 5.49. The minimum Gasteiger partial charge on any atom is -0.311 e. The Morgan fingerprint density at radius 2 is 2.00 bits per heavy atom. The maximum atomic E-state index is 4.63. The lowest BCUT2D eigenvalue weighted by Crippen LogP contribution is -2.56. The summed E-state index contributed by atoms with van der Waals surface area (Å²) in [6.45, 7) is 8.67. The molecule has 1 aliphatic rings. The van der Waals surface area contributed by atoms with Crippen LogP contribution in [0.4, 0.5) is 0 Å². The second-order valence-corrected chi connectivity index (χ2v) is 7.50. The number of aryl methyl sites for hydroxylation is 1. The molecular weight excluding hydrogens is 248 g/mol. The third-order valence-electron chi connectivity index (χ3n) is 4.62. The van der Waals surface area contributed by atoms with Crippen LogP contribution < -0.4 is 5.32 Å².